The molecule has 8 nitrogen and oxygen atoms in total. The number of urea groups is 1. The van der Waals surface area contributed by atoms with Gasteiger partial charge in [-0.1, -0.05) is 17.7 Å². The average Bonchev–Trinajstić information content (AvgIpc) is 2.62. The van der Waals surface area contributed by atoms with Gasteiger partial charge in [0.1, 0.15) is 5.69 Å². The molecule has 0 bridgehead atoms. The number of nitrogens with zero attached hydrogens (tertiary/aromatic N) is 3. The summed E-state index contributed by atoms with van der Waals surface area (Å²) in [5.74, 6) is -0.272. The van der Waals surface area contributed by atoms with Crippen molar-refractivity contribution in [1.82, 2.24) is 20.0 Å². The molecule has 0 aliphatic carbocycles. The number of aromatic amines is 1. The van der Waals surface area contributed by atoms with Gasteiger partial charge in [-0.15, -0.1) is 0 Å². The SMILES string of the molecule is O=C(Nc1cccc(Cl)c1)N1CCN(C(=O)c2ccc(=O)[nH]n2)CC1. The van der Waals surface area contributed by atoms with Crippen LogP contribution in [-0.2, 0) is 0 Å². The van der Waals surface area contributed by atoms with Gasteiger partial charge in [0, 0.05) is 43.0 Å². The minimum absolute atomic E-state index is 0.177. The van der Waals surface area contributed by atoms with Crippen molar-refractivity contribution < 1.29 is 9.59 Å². The number of carbonyl (C=O) groups is 2. The van der Waals surface area contributed by atoms with Crippen LogP contribution in [0.15, 0.2) is 41.2 Å². The van der Waals surface area contributed by atoms with Crippen molar-refractivity contribution in [1.29, 1.82) is 0 Å². The zero-order valence-electron chi connectivity index (χ0n) is 13.2. The Morgan fingerprint density at radius 1 is 1.08 bits per heavy atom. The summed E-state index contributed by atoms with van der Waals surface area (Å²) in [6.07, 6.45) is 0. The van der Waals surface area contributed by atoms with E-state index in [2.05, 4.69) is 15.5 Å². The van der Waals surface area contributed by atoms with Crippen molar-refractivity contribution >= 4 is 29.2 Å². The number of hydrogen-bond donors (Lipinski definition) is 2. The first kappa shape index (κ1) is 17.0. The molecule has 2 aromatic rings. The lowest BCUT2D eigenvalue weighted by Gasteiger charge is -2.34. The van der Waals surface area contributed by atoms with Crippen molar-refractivity contribution in [2.24, 2.45) is 0 Å². The minimum atomic E-state index is -0.362. The standard InChI is InChI=1S/C16H16ClN5O3/c17-11-2-1-3-12(10-11)18-16(25)22-8-6-21(7-9-22)15(24)13-4-5-14(23)20-19-13/h1-5,10H,6-9H2,(H,18,25)(H,20,23). The van der Waals surface area contributed by atoms with E-state index in [1.54, 1.807) is 34.1 Å². The molecule has 1 aromatic carbocycles. The summed E-state index contributed by atoms with van der Waals surface area (Å²) in [5, 5.41) is 9.30. The normalized spacial score (nSPS) is 14.3. The fraction of sp³-hybridized carbons (Fsp3) is 0.250. The van der Waals surface area contributed by atoms with E-state index in [4.69, 9.17) is 11.6 Å². The highest BCUT2D eigenvalue weighted by Gasteiger charge is 2.25. The Bertz CT molecular complexity index is 825. The molecule has 9 heteroatoms. The summed E-state index contributed by atoms with van der Waals surface area (Å²) in [5.41, 5.74) is 0.434. The molecular weight excluding hydrogens is 346 g/mol. The molecule has 0 atom stereocenters. The van der Waals surface area contributed by atoms with Gasteiger partial charge in [-0.25, -0.2) is 9.89 Å². The Kier molecular flexibility index (Phi) is 4.99. The monoisotopic (exact) mass is 361 g/mol. The van der Waals surface area contributed by atoms with Gasteiger partial charge in [-0.05, 0) is 24.3 Å². The van der Waals surface area contributed by atoms with Crippen LogP contribution in [0.4, 0.5) is 10.5 Å². The Morgan fingerprint density at radius 2 is 1.80 bits per heavy atom. The minimum Gasteiger partial charge on any atom is -0.334 e. The van der Waals surface area contributed by atoms with Crippen molar-refractivity contribution in [3.8, 4) is 0 Å². The van der Waals surface area contributed by atoms with Gasteiger partial charge in [-0.3, -0.25) is 9.59 Å². The van der Waals surface area contributed by atoms with E-state index in [1.165, 1.54) is 12.1 Å². The molecule has 2 heterocycles. The summed E-state index contributed by atoms with van der Waals surface area (Å²) in [4.78, 5) is 38.8. The van der Waals surface area contributed by atoms with Gasteiger partial charge in [-0.2, -0.15) is 5.10 Å². The molecule has 1 saturated heterocycles. The molecule has 1 fully saturated rings. The summed E-state index contributed by atoms with van der Waals surface area (Å²) in [7, 11) is 0. The van der Waals surface area contributed by atoms with Gasteiger partial charge in [0.05, 0.1) is 0 Å². The topological polar surface area (TPSA) is 98.4 Å². The third-order valence-electron chi connectivity index (χ3n) is 3.83. The largest absolute Gasteiger partial charge is 0.334 e. The summed E-state index contributed by atoms with van der Waals surface area (Å²) in [6.45, 7) is 1.59. The van der Waals surface area contributed by atoms with Gasteiger partial charge in [0.2, 0.25) is 0 Å². The quantitative estimate of drug-likeness (QED) is 0.845. The second-order valence-corrected chi connectivity index (χ2v) is 5.96. The third-order valence-corrected chi connectivity index (χ3v) is 4.06. The maximum absolute atomic E-state index is 12.3. The number of halogens is 1. The number of hydrogen-bond acceptors (Lipinski definition) is 4. The molecule has 1 aromatic heterocycles. The molecule has 2 N–H and O–H groups in total. The highest BCUT2D eigenvalue weighted by atomic mass is 35.5. The van der Waals surface area contributed by atoms with E-state index < -0.39 is 0 Å². The number of benzene rings is 1. The van der Waals surface area contributed by atoms with E-state index in [0.717, 1.165) is 0 Å². The first-order valence-corrected chi connectivity index (χ1v) is 8.07. The number of piperazine rings is 1. The Morgan fingerprint density at radius 3 is 2.44 bits per heavy atom. The fourth-order valence-corrected chi connectivity index (χ4v) is 2.70. The first-order chi connectivity index (χ1) is 12.0. The van der Waals surface area contributed by atoms with Gasteiger partial charge in [0.15, 0.2) is 0 Å². The second kappa shape index (κ2) is 7.35. The lowest BCUT2D eigenvalue weighted by molar-refractivity contribution is 0.0664. The molecule has 1 aliphatic heterocycles. The summed E-state index contributed by atoms with van der Waals surface area (Å²) >= 11 is 5.90. The second-order valence-electron chi connectivity index (χ2n) is 5.53. The van der Waals surface area contributed by atoms with Crippen molar-refractivity contribution in [3.63, 3.8) is 0 Å². The molecule has 0 unspecified atom stereocenters. The smallest absolute Gasteiger partial charge is 0.321 e. The maximum Gasteiger partial charge on any atom is 0.321 e. The van der Waals surface area contributed by atoms with Crippen LogP contribution < -0.4 is 10.9 Å². The van der Waals surface area contributed by atoms with E-state index in [0.29, 0.717) is 36.9 Å². The fourth-order valence-electron chi connectivity index (χ4n) is 2.51. The third kappa shape index (κ3) is 4.16. The highest BCUT2D eigenvalue weighted by Crippen LogP contribution is 2.16. The van der Waals surface area contributed by atoms with Crippen molar-refractivity contribution in [2.45, 2.75) is 0 Å². The summed E-state index contributed by atoms with van der Waals surface area (Å²) in [6, 6.07) is 9.32. The number of H-pyrrole nitrogens is 1. The number of aromatic nitrogens is 2. The van der Waals surface area contributed by atoms with Crippen LogP contribution in [0.25, 0.3) is 0 Å². The lowest BCUT2D eigenvalue weighted by atomic mass is 10.2. The van der Waals surface area contributed by atoms with Crippen LogP contribution in [0, 0.1) is 0 Å². The van der Waals surface area contributed by atoms with E-state index >= 15 is 0 Å². The first-order valence-electron chi connectivity index (χ1n) is 7.69. The summed E-state index contributed by atoms with van der Waals surface area (Å²) < 4.78 is 0. The molecule has 3 amide bonds. The lowest BCUT2D eigenvalue weighted by Crippen LogP contribution is -2.51. The van der Waals surface area contributed by atoms with Crippen molar-refractivity contribution in [2.75, 3.05) is 31.5 Å². The molecule has 130 valence electrons. The van der Waals surface area contributed by atoms with Crippen LogP contribution in [0.1, 0.15) is 10.5 Å². The van der Waals surface area contributed by atoms with E-state index in [9.17, 15) is 14.4 Å². The number of anilines is 1. The molecule has 0 spiro atoms. The Hall–Kier alpha value is -2.87. The molecular formula is C16H16ClN5O3. The van der Waals surface area contributed by atoms with Crippen molar-refractivity contribution in [3.05, 3.63) is 57.5 Å². The molecule has 25 heavy (non-hydrogen) atoms. The van der Waals surface area contributed by atoms with E-state index in [1.807, 2.05) is 0 Å². The zero-order chi connectivity index (χ0) is 17.8. The van der Waals surface area contributed by atoms with Crippen LogP contribution in [0.3, 0.4) is 0 Å². The number of amides is 3. The molecule has 0 radical (unpaired) electrons. The van der Waals surface area contributed by atoms with Gasteiger partial charge < -0.3 is 15.1 Å². The molecule has 1 aliphatic rings. The average molecular weight is 362 g/mol. The Labute approximate surface area is 148 Å². The Balaban J connectivity index is 1.56. The predicted octanol–water partition coefficient (Wildman–Crippen LogP) is 1.41. The number of carbonyl (C=O) groups excluding carboxylic acids is 2. The van der Waals surface area contributed by atoms with Crippen LogP contribution >= 0.6 is 11.6 Å². The van der Waals surface area contributed by atoms with Crippen LogP contribution in [0.5, 0.6) is 0 Å². The maximum atomic E-state index is 12.3. The molecule has 3 rings (SSSR count). The highest BCUT2D eigenvalue weighted by molar-refractivity contribution is 6.30. The number of nitrogens with one attached hydrogen (secondary N) is 2. The zero-order valence-corrected chi connectivity index (χ0v) is 14.0. The number of rotatable bonds is 2. The predicted molar refractivity (Wildman–Crippen MR) is 92.8 cm³/mol. The van der Waals surface area contributed by atoms with Crippen LogP contribution in [0.2, 0.25) is 5.02 Å². The van der Waals surface area contributed by atoms with Gasteiger partial charge >= 0.3 is 6.03 Å². The molecule has 0 saturated carbocycles. The van der Waals surface area contributed by atoms with Gasteiger partial charge in [0.25, 0.3) is 11.5 Å². The van der Waals surface area contributed by atoms with E-state index in [-0.39, 0.29) is 23.2 Å². The van der Waals surface area contributed by atoms with Crippen LogP contribution in [-0.4, -0.2) is 58.1 Å².